The van der Waals surface area contributed by atoms with E-state index in [-0.39, 0.29) is 12.0 Å². The predicted octanol–water partition coefficient (Wildman–Crippen LogP) is 3.53. The summed E-state index contributed by atoms with van der Waals surface area (Å²) in [6.07, 6.45) is 6.31. The number of benzene rings is 1. The number of methoxy groups -OCH3 is 1. The third-order valence-electron chi connectivity index (χ3n) is 6.38. The molecule has 162 valence electrons. The number of nitrogens with zero attached hydrogens (tertiary/aromatic N) is 2. The van der Waals surface area contributed by atoms with Gasteiger partial charge in [0, 0.05) is 31.5 Å². The Morgan fingerprint density at radius 1 is 1.23 bits per heavy atom. The van der Waals surface area contributed by atoms with E-state index < -0.39 is 0 Å². The molecule has 0 radical (unpaired) electrons. The minimum Gasteiger partial charge on any atom is -0.494 e. The molecule has 4 rings (SSSR count). The van der Waals surface area contributed by atoms with E-state index in [9.17, 15) is 4.79 Å². The number of hydrogen-bond acceptors (Lipinski definition) is 5. The Balaban J connectivity index is 1.20. The van der Waals surface area contributed by atoms with Gasteiger partial charge in [0.15, 0.2) is 0 Å². The fourth-order valence-corrected chi connectivity index (χ4v) is 4.53. The lowest BCUT2D eigenvalue weighted by Gasteiger charge is -2.31. The lowest BCUT2D eigenvalue weighted by molar-refractivity contribution is -0.122. The normalized spacial score (nSPS) is 20.5. The van der Waals surface area contributed by atoms with Crippen LogP contribution in [0, 0.1) is 5.92 Å². The Morgan fingerprint density at radius 3 is 2.87 bits per heavy atom. The van der Waals surface area contributed by atoms with Crippen LogP contribution in [0.3, 0.4) is 0 Å². The summed E-state index contributed by atoms with van der Waals surface area (Å²) < 4.78 is 11.0. The monoisotopic (exact) mass is 411 g/mol. The highest BCUT2D eigenvalue weighted by Crippen LogP contribution is 2.26. The van der Waals surface area contributed by atoms with Crippen LogP contribution in [-0.2, 0) is 16.1 Å². The SMILES string of the molecule is COc1cccc2ccc(CN3CCC(CCC(=O)NCC4CCCO4)CC3)nc12. The Hall–Kier alpha value is -2.18. The summed E-state index contributed by atoms with van der Waals surface area (Å²) in [4.78, 5) is 19.4. The molecular weight excluding hydrogens is 378 g/mol. The van der Waals surface area contributed by atoms with Crippen LogP contribution in [0.15, 0.2) is 30.3 Å². The van der Waals surface area contributed by atoms with Crippen molar-refractivity contribution in [2.75, 3.05) is 33.4 Å². The number of likely N-dealkylation sites (tertiary alicyclic amines) is 1. The van der Waals surface area contributed by atoms with E-state index in [1.165, 1.54) is 0 Å². The molecule has 0 spiro atoms. The van der Waals surface area contributed by atoms with E-state index in [2.05, 4.69) is 28.4 Å². The molecule has 0 saturated carbocycles. The van der Waals surface area contributed by atoms with Gasteiger partial charge in [-0.1, -0.05) is 18.2 Å². The van der Waals surface area contributed by atoms with Gasteiger partial charge in [-0.2, -0.15) is 0 Å². The van der Waals surface area contributed by atoms with Gasteiger partial charge in [-0.15, -0.1) is 0 Å². The summed E-state index contributed by atoms with van der Waals surface area (Å²) in [5.41, 5.74) is 2.01. The molecule has 2 aliphatic heterocycles. The van der Waals surface area contributed by atoms with E-state index in [4.69, 9.17) is 14.5 Å². The molecule has 2 saturated heterocycles. The number of ether oxygens (including phenoxy) is 2. The van der Waals surface area contributed by atoms with Crippen LogP contribution in [0.25, 0.3) is 10.9 Å². The maximum atomic E-state index is 12.1. The zero-order valence-corrected chi connectivity index (χ0v) is 17.9. The molecular formula is C24H33N3O3. The first kappa shape index (κ1) is 21.1. The molecule has 1 aromatic carbocycles. The largest absolute Gasteiger partial charge is 0.494 e. The molecule has 0 bridgehead atoms. The molecule has 6 nitrogen and oxygen atoms in total. The van der Waals surface area contributed by atoms with Gasteiger partial charge in [-0.3, -0.25) is 9.69 Å². The molecule has 2 aliphatic rings. The van der Waals surface area contributed by atoms with E-state index in [0.29, 0.717) is 18.9 Å². The van der Waals surface area contributed by atoms with Crippen molar-refractivity contribution in [3.8, 4) is 5.75 Å². The number of hydrogen-bond donors (Lipinski definition) is 1. The summed E-state index contributed by atoms with van der Waals surface area (Å²) in [5, 5.41) is 4.14. The summed E-state index contributed by atoms with van der Waals surface area (Å²) in [7, 11) is 1.69. The first-order valence-corrected chi connectivity index (χ1v) is 11.2. The van der Waals surface area contributed by atoms with Crippen molar-refractivity contribution in [1.29, 1.82) is 0 Å². The summed E-state index contributed by atoms with van der Waals surface area (Å²) in [5.74, 6) is 1.63. The van der Waals surface area contributed by atoms with Gasteiger partial charge < -0.3 is 14.8 Å². The van der Waals surface area contributed by atoms with Crippen molar-refractivity contribution in [1.82, 2.24) is 15.2 Å². The smallest absolute Gasteiger partial charge is 0.220 e. The van der Waals surface area contributed by atoms with Crippen molar-refractivity contribution >= 4 is 16.8 Å². The van der Waals surface area contributed by atoms with Gasteiger partial charge in [-0.05, 0) is 63.2 Å². The number of piperidine rings is 1. The number of para-hydroxylation sites is 1. The third kappa shape index (κ3) is 5.49. The number of amides is 1. The molecule has 2 fully saturated rings. The molecule has 2 aromatic rings. The fourth-order valence-electron chi connectivity index (χ4n) is 4.53. The average molecular weight is 412 g/mol. The van der Waals surface area contributed by atoms with Gasteiger partial charge >= 0.3 is 0 Å². The number of aromatic nitrogens is 1. The number of carbonyl (C=O) groups excluding carboxylic acids is 1. The van der Waals surface area contributed by atoms with E-state index in [1.54, 1.807) is 7.11 Å². The quantitative estimate of drug-likeness (QED) is 0.720. The standard InChI is InChI=1S/C24H33N3O3/c1-29-22-6-2-4-19-8-9-20(26-24(19)22)17-27-13-11-18(12-14-27)7-10-23(28)25-16-21-5-3-15-30-21/h2,4,6,8-9,18,21H,3,5,7,10-17H2,1H3,(H,25,28). The molecule has 1 unspecified atom stereocenters. The first-order valence-electron chi connectivity index (χ1n) is 11.2. The molecule has 30 heavy (non-hydrogen) atoms. The zero-order chi connectivity index (χ0) is 20.8. The molecule has 0 aliphatic carbocycles. The van der Waals surface area contributed by atoms with Crippen LogP contribution >= 0.6 is 0 Å². The minimum atomic E-state index is 0.169. The van der Waals surface area contributed by atoms with Crippen LogP contribution in [0.5, 0.6) is 5.75 Å². The van der Waals surface area contributed by atoms with Crippen LogP contribution < -0.4 is 10.1 Å². The molecule has 1 N–H and O–H groups in total. The summed E-state index contributed by atoms with van der Waals surface area (Å²) in [6.45, 7) is 4.49. The van der Waals surface area contributed by atoms with E-state index >= 15 is 0 Å². The van der Waals surface area contributed by atoms with Crippen molar-refractivity contribution in [2.45, 2.75) is 51.2 Å². The Morgan fingerprint density at radius 2 is 2.10 bits per heavy atom. The van der Waals surface area contributed by atoms with Crippen molar-refractivity contribution in [3.05, 3.63) is 36.0 Å². The highest BCUT2D eigenvalue weighted by atomic mass is 16.5. The van der Waals surface area contributed by atoms with E-state index in [0.717, 1.165) is 80.7 Å². The predicted molar refractivity (Wildman–Crippen MR) is 118 cm³/mol. The highest BCUT2D eigenvalue weighted by molar-refractivity contribution is 5.84. The van der Waals surface area contributed by atoms with Gasteiger partial charge in [0.1, 0.15) is 11.3 Å². The fraction of sp³-hybridized carbons (Fsp3) is 0.583. The lowest BCUT2D eigenvalue weighted by atomic mass is 9.92. The second-order valence-electron chi connectivity index (χ2n) is 8.53. The molecule has 6 heteroatoms. The second kappa shape index (κ2) is 10.2. The Kier molecular flexibility index (Phi) is 7.18. The molecule has 1 aromatic heterocycles. The maximum Gasteiger partial charge on any atom is 0.220 e. The van der Waals surface area contributed by atoms with Gasteiger partial charge in [0.05, 0.1) is 18.9 Å². The van der Waals surface area contributed by atoms with Gasteiger partial charge in [0.2, 0.25) is 5.91 Å². The topological polar surface area (TPSA) is 63.7 Å². The number of nitrogens with one attached hydrogen (secondary N) is 1. The van der Waals surface area contributed by atoms with Gasteiger partial charge in [0.25, 0.3) is 0 Å². The van der Waals surface area contributed by atoms with Crippen LogP contribution in [0.4, 0.5) is 0 Å². The first-order chi connectivity index (χ1) is 14.7. The van der Waals surface area contributed by atoms with Crippen molar-refractivity contribution in [2.24, 2.45) is 5.92 Å². The minimum absolute atomic E-state index is 0.169. The summed E-state index contributed by atoms with van der Waals surface area (Å²) in [6, 6.07) is 10.3. The Bertz CT molecular complexity index is 843. The second-order valence-corrected chi connectivity index (χ2v) is 8.53. The zero-order valence-electron chi connectivity index (χ0n) is 17.9. The Labute approximate surface area is 178 Å². The van der Waals surface area contributed by atoms with Gasteiger partial charge in [-0.25, -0.2) is 4.98 Å². The van der Waals surface area contributed by atoms with Crippen molar-refractivity contribution < 1.29 is 14.3 Å². The maximum absolute atomic E-state index is 12.1. The molecule has 3 heterocycles. The third-order valence-corrected chi connectivity index (χ3v) is 6.38. The van der Waals surface area contributed by atoms with Crippen LogP contribution in [0.2, 0.25) is 0 Å². The van der Waals surface area contributed by atoms with Crippen LogP contribution in [-0.4, -0.2) is 55.2 Å². The highest BCUT2D eigenvalue weighted by Gasteiger charge is 2.21. The lowest BCUT2D eigenvalue weighted by Crippen LogP contribution is -2.35. The summed E-state index contributed by atoms with van der Waals surface area (Å²) >= 11 is 0. The molecule has 1 atom stereocenters. The average Bonchev–Trinajstić information content (AvgIpc) is 3.30. The van der Waals surface area contributed by atoms with E-state index in [1.807, 2.05) is 12.1 Å². The number of carbonyl (C=O) groups is 1. The number of fused-ring (bicyclic) bond motifs is 1. The number of rotatable bonds is 8. The molecule has 1 amide bonds. The van der Waals surface area contributed by atoms with Crippen LogP contribution in [0.1, 0.15) is 44.2 Å². The number of pyridine rings is 1. The van der Waals surface area contributed by atoms with Crippen molar-refractivity contribution in [3.63, 3.8) is 0 Å².